The number of ether oxygens (including phenoxy) is 1. The molecule has 4 rings (SSSR count). The normalized spacial score (nSPS) is 11.1. The molecule has 0 radical (unpaired) electrons. The van der Waals surface area contributed by atoms with Crippen molar-refractivity contribution < 1.29 is 4.74 Å². The maximum Gasteiger partial charge on any atom is 0.235 e. The SMILES string of the molecule is Cc1ccccc1OCc1nn2c(-c3ccccc3Br)nnc2s1. The molecule has 0 amide bonds. The number of hydrogen-bond acceptors (Lipinski definition) is 5. The molecule has 4 aromatic rings. The number of halogens is 1. The minimum atomic E-state index is 0.411. The highest BCUT2D eigenvalue weighted by molar-refractivity contribution is 9.10. The third kappa shape index (κ3) is 2.81. The molecule has 0 atom stereocenters. The first kappa shape index (κ1) is 15.3. The summed E-state index contributed by atoms with van der Waals surface area (Å²) in [6, 6.07) is 15.8. The van der Waals surface area contributed by atoms with Crippen LogP contribution in [0.5, 0.6) is 5.75 Å². The fourth-order valence-corrected chi connectivity index (χ4v) is 3.59. The minimum absolute atomic E-state index is 0.411. The van der Waals surface area contributed by atoms with E-state index in [0.29, 0.717) is 6.61 Å². The molecule has 0 bridgehead atoms. The predicted molar refractivity (Wildman–Crippen MR) is 97.3 cm³/mol. The van der Waals surface area contributed by atoms with Crippen molar-refractivity contribution in [1.82, 2.24) is 19.8 Å². The zero-order valence-electron chi connectivity index (χ0n) is 12.8. The second-order valence-corrected chi connectivity index (χ2v) is 7.14. The largest absolute Gasteiger partial charge is 0.486 e. The minimum Gasteiger partial charge on any atom is -0.486 e. The summed E-state index contributed by atoms with van der Waals surface area (Å²) in [6.45, 7) is 2.44. The van der Waals surface area contributed by atoms with Crippen LogP contribution >= 0.6 is 27.3 Å². The van der Waals surface area contributed by atoms with Crippen LogP contribution in [0.2, 0.25) is 0 Å². The maximum atomic E-state index is 5.87. The van der Waals surface area contributed by atoms with Crippen molar-refractivity contribution in [1.29, 1.82) is 0 Å². The van der Waals surface area contributed by atoms with Gasteiger partial charge in [0.2, 0.25) is 4.96 Å². The van der Waals surface area contributed by atoms with Crippen molar-refractivity contribution in [2.75, 3.05) is 0 Å². The lowest BCUT2D eigenvalue weighted by Gasteiger charge is -2.06. The Morgan fingerprint density at radius 2 is 1.88 bits per heavy atom. The zero-order chi connectivity index (χ0) is 16.5. The van der Waals surface area contributed by atoms with Gasteiger partial charge in [-0.05, 0) is 30.7 Å². The van der Waals surface area contributed by atoms with Crippen molar-refractivity contribution in [2.45, 2.75) is 13.5 Å². The molecular formula is C17H13BrN4OS. The van der Waals surface area contributed by atoms with Gasteiger partial charge in [0, 0.05) is 10.0 Å². The van der Waals surface area contributed by atoms with Crippen LogP contribution in [0.15, 0.2) is 53.0 Å². The molecule has 0 aliphatic rings. The van der Waals surface area contributed by atoms with Gasteiger partial charge in [0.25, 0.3) is 0 Å². The highest BCUT2D eigenvalue weighted by Crippen LogP contribution is 2.28. The molecule has 2 aromatic carbocycles. The molecule has 0 fully saturated rings. The predicted octanol–water partition coefficient (Wildman–Crippen LogP) is 4.50. The molecule has 0 aliphatic carbocycles. The molecule has 2 aromatic heterocycles. The molecule has 0 aliphatic heterocycles. The van der Waals surface area contributed by atoms with Crippen LogP contribution in [0, 0.1) is 6.92 Å². The van der Waals surface area contributed by atoms with Crippen LogP contribution < -0.4 is 4.74 Å². The van der Waals surface area contributed by atoms with Gasteiger partial charge < -0.3 is 4.74 Å². The maximum absolute atomic E-state index is 5.87. The van der Waals surface area contributed by atoms with Crippen molar-refractivity contribution in [3.63, 3.8) is 0 Å². The Morgan fingerprint density at radius 3 is 2.71 bits per heavy atom. The van der Waals surface area contributed by atoms with Gasteiger partial charge in [0.15, 0.2) is 10.8 Å². The number of rotatable bonds is 4. The van der Waals surface area contributed by atoms with Crippen LogP contribution in [-0.2, 0) is 6.61 Å². The number of fused-ring (bicyclic) bond motifs is 1. The Morgan fingerprint density at radius 1 is 1.08 bits per heavy atom. The average molecular weight is 401 g/mol. The molecule has 120 valence electrons. The van der Waals surface area contributed by atoms with Crippen LogP contribution in [0.4, 0.5) is 0 Å². The first-order valence-electron chi connectivity index (χ1n) is 7.37. The lowest BCUT2D eigenvalue weighted by molar-refractivity contribution is 0.302. The van der Waals surface area contributed by atoms with Crippen molar-refractivity contribution >= 4 is 32.2 Å². The molecule has 0 saturated carbocycles. The van der Waals surface area contributed by atoms with E-state index in [2.05, 4.69) is 31.2 Å². The fraction of sp³-hybridized carbons (Fsp3) is 0.118. The second kappa shape index (κ2) is 6.33. The monoisotopic (exact) mass is 400 g/mol. The van der Waals surface area contributed by atoms with Gasteiger partial charge in [-0.25, -0.2) is 0 Å². The highest BCUT2D eigenvalue weighted by atomic mass is 79.9. The van der Waals surface area contributed by atoms with Crippen LogP contribution in [0.3, 0.4) is 0 Å². The van der Waals surface area contributed by atoms with E-state index in [9.17, 15) is 0 Å². The van der Waals surface area contributed by atoms with Crippen molar-refractivity contribution in [3.05, 3.63) is 63.6 Å². The average Bonchev–Trinajstić information content (AvgIpc) is 3.15. The highest BCUT2D eigenvalue weighted by Gasteiger charge is 2.15. The Bertz CT molecular complexity index is 1010. The molecule has 24 heavy (non-hydrogen) atoms. The summed E-state index contributed by atoms with van der Waals surface area (Å²) in [7, 11) is 0. The quantitative estimate of drug-likeness (QED) is 0.505. The molecule has 5 nitrogen and oxygen atoms in total. The van der Waals surface area contributed by atoms with E-state index in [1.54, 1.807) is 4.52 Å². The number of hydrogen-bond donors (Lipinski definition) is 0. The van der Waals surface area contributed by atoms with Gasteiger partial charge in [-0.2, -0.15) is 9.61 Å². The Hall–Kier alpha value is -2.25. The zero-order valence-corrected chi connectivity index (χ0v) is 15.2. The molecular weight excluding hydrogens is 388 g/mol. The number of aryl methyl sites for hydroxylation is 1. The molecule has 0 saturated heterocycles. The Kier molecular flexibility index (Phi) is 4.03. The summed E-state index contributed by atoms with van der Waals surface area (Å²) in [5.41, 5.74) is 2.07. The van der Waals surface area contributed by atoms with Crippen molar-refractivity contribution in [2.24, 2.45) is 0 Å². The van der Waals surface area contributed by atoms with E-state index >= 15 is 0 Å². The van der Waals surface area contributed by atoms with E-state index in [1.165, 1.54) is 11.3 Å². The fourth-order valence-electron chi connectivity index (χ4n) is 2.38. The number of para-hydroxylation sites is 1. The summed E-state index contributed by atoms with van der Waals surface area (Å²) in [6.07, 6.45) is 0. The molecule has 0 N–H and O–H groups in total. The van der Waals surface area contributed by atoms with Gasteiger partial charge in [0.05, 0.1) is 0 Å². The smallest absolute Gasteiger partial charge is 0.235 e. The Labute approximate surface area is 151 Å². The standard InChI is InChI=1S/C17H13BrN4OS/c1-11-6-2-5-9-14(11)23-10-15-21-22-16(19-20-17(22)24-15)12-7-3-4-8-13(12)18/h2-9H,10H2,1H3. The van der Waals surface area contributed by atoms with Gasteiger partial charge >= 0.3 is 0 Å². The third-order valence-corrected chi connectivity index (χ3v) is 5.16. The van der Waals surface area contributed by atoms with E-state index in [-0.39, 0.29) is 0 Å². The molecule has 0 spiro atoms. The topological polar surface area (TPSA) is 52.3 Å². The lowest BCUT2D eigenvalue weighted by atomic mass is 10.2. The summed E-state index contributed by atoms with van der Waals surface area (Å²) in [5.74, 6) is 1.59. The van der Waals surface area contributed by atoms with E-state index in [0.717, 1.165) is 37.1 Å². The van der Waals surface area contributed by atoms with Crippen LogP contribution in [-0.4, -0.2) is 19.8 Å². The summed E-state index contributed by atoms with van der Waals surface area (Å²) in [5, 5.41) is 13.9. The van der Waals surface area contributed by atoms with E-state index < -0.39 is 0 Å². The van der Waals surface area contributed by atoms with E-state index in [4.69, 9.17) is 4.74 Å². The van der Waals surface area contributed by atoms with Gasteiger partial charge in [-0.1, -0.05) is 57.6 Å². The summed E-state index contributed by atoms with van der Waals surface area (Å²) in [4.78, 5) is 0.754. The summed E-state index contributed by atoms with van der Waals surface area (Å²) < 4.78 is 8.60. The second-order valence-electron chi connectivity index (χ2n) is 5.25. The summed E-state index contributed by atoms with van der Waals surface area (Å²) >= 11 is 5.03. The first-order chi connectivity index (χ1) is 11.7. The van der Waals surface area contributed by atoms with E-state index in [1.807, 2.05) is 55.5 Å². The van der Waals surface area contributed by atoms with Crippen LogP contribution in [0.1, 0.15) is 10.6 Å². The molecule has 0 unspecified atom stereocenters. The number of benzene rings is 2. The number of nitrogens with zero attached hydrogens (tertiary/aromatic N) is 4. The molecule has 7 heteroatoms. The van der Waals surface area contributed by atoms with Gasteiger partial charge in [0.1, 0.15) is 12.4 Å². The molecule has 2 heterocycles. The van der Waals surface area contributed by atoms with Gasteiger partial charge in [-0.15, -0.1) is 10.2 Å². The van der Waals surface area contributed by atoms with Gasteiger partial charge in [-0.3, -0.25) is 0 Å². The van der Waals surface area contributed by atoms with Crippen molar-refractivity contribution in [3.8, 4) is 17.1 Å². The first-order valence-corrected chi connectivity index (χ1v) is 8.98. The van der Waals surface area contributed by atoms with Crippen LogP contribution in [0.25, 0.3) is 16.3 Å². The lowest BCUT2D eigenvalue weighted by Crippen LogP contribution is -1.98. The third-order valence-electron chi connectivity index (χ3n) is 3.59. The Balaban J connectivity index is 1.63. The number of aromatic nitrogens is 4.